The van der Waals surface area contributed by atoms with Gasteiger partial charge >= 0.3 is 0 Å². The van der Waals surface area contributed by atoms with Crippen molar-refractivity contribution >= 4 is 30.3 Å². The highest BCUT2D eigenvalue weighted by atomic mass is 32.2. The van der Waals surface area contributed by atoms with Gasteiger partial charge in [-0.15, -0.1) is 12.6 Å². The number of nitrogens with one attached hydrogen (secondary N) is 1. The molecule has 0 heterocycles. The van der Waals surface area contributed by atoms with Gasteiger partial charge in [-0.2, -0.15) is 11.8 Å². The highest BCUT2D eigenvalue weighted by Gasteiger charge is 2.17. The number of carbonyl (C=O) groups is 1. The van der Waals surface area contributed by atoms with Crippen molar-refractivity contribution in [2.75, 3.05) is 12.9 Å². The van der Waals surface area contributed by atoms with Gasteiger partial charge in [0.1, 0.15) is 0 Å². The molecule has 0 bridgehead atoms. The number of hydrogen-bond acceptors (Lipinski definition) is 4. The predicted octanol–water partition coefficient (Wildman–Crippen LogP) is 1.75. The summed E-state index contributed by atoms with van der Waals surface area (Å²) in [4.78, 5) is 12.7. The monoisotopic (exact) mass is 285 g/mol. The summed E-state index contributed by atoms with van der Waals surface area (Å²) in [5.41, 5.74) is 0.960. The van der Waals surface area contributed by atoms with E-state index in [9.17, 15) is 4.79 Å². The quantitative estimate of drug-likeness (QED) is 0.698. The van der Waals surface area contributed by atoms with Crippen molar-refractivity contribution in [3.63, 3.8) is 0 Å². The SMILES string of the molecule is CSC(CO)C(C)NC(=O)Cc1ccc(S)cc1. The molecule has 1 rings (SSSR count). The Kier molecular flexibility index (Phi) is 6.60. The zero-order valence-corrected chi connectivity index (χ0v) is 12.3. The molecule has 5 heteroatoms. The van der Waals surface area contributed by atoms with Crippen LogP contribution < -0.4 is 5.32 Å². The molecule has 0 aliphatic carbocycles. The standard InChI is InChI=1S/C13H19NO2S2/c1-9(12(8-15)18-2)14-13(16)7-10-3-5-11(17)6-4-10/h3-6,9,12,15,17H,7-8H2,1-2H3,(H,14,16). The third-order valence-corrected chi connectivity index (χ3v) is 4.19. The Morgan fingerprint density at radius 2 is 2.06 bits per heavy atom. The first-order chi connectivity index (χ1) is 8.56. The van der Waals surface area contributed by atoms with Crippen LogP contribution in [0.2, 0.25) is 0 Å². The number of benzene rings is 1. The van der Waals surface area contributed by atoms with Crippen molar-refractivity contribution in [3.8, 4) is 0 Å². The Morgan fingerprint density at radius 1 is 1.44 bits per heavy atom. The summed E-state index contributed by atoms with van der Waals surface area (Å²) in [6.07, 6.45) is 2.28. The third kappa shape index (κ3) is 4.92. The smallest absolute Gasteiger partial charge is 0.224 e. The third-order valence-electron chi connectivity index (χ3n) is 2.73. The lowest BCUT2D eigenvalue weighted by atomic mass is 10.1. The van der Waals surface area contributed by atoms with Gasteiger partial charge in [-0.3, -0.25) is 4.79 Å². The molecular weight excluding hydrogens is 266 g/mol. The number of aliphatic hydroxyl groups excluding tert-OH is 1. The molecule has 1 amide bonds. The minimum atomic E-state index is -0.0401. The fraction of sp³-hybridized carbons (Fsp3) is 0.462. The van der Waals surface area contributed by atoms with Crippen LogP contribution in [0.25, 0.3) is 0 Å². The minimum Gasteiger partial charge on any atom is -0.395 e. The molecule has 0 saturated carbocycles. The van der Waals surface area contributed by atoms with Gasteiger partial charge in [0.25, 0.3) is 0 Å². The Hall–Kier alpha value is -0.650. The van der Waals surface area contributed by atoms with E-state index in [4.69, 9.17) is 5.11 Å². The van der Waals surface area contributed by atoms with Crippen LogP contribution in [0.15, 0.2) is 29.2 Å². The van der Waals surface area contributed by atoms with Crippen molar-refractivity contribution < 1.29 is 9.90 Å². The van der Waals surface area contributed by atoms with E-state index >= 15 is 0 Å². The highest BCUT2D eigenvalue weighted by molar-refractivity contribution is 7.99. The second-order valence-corrected chi connectivity index (χ2v) is 5.75. The maximum absolute atomic E-state index is 11.8. The highest BCUT2D eigenvalue weighted by Crippen LogP contribution is 2.11. The van der Waals surface area contributed by atoms with Gasteiger partial charge in [0.2, 0.25) is 5.91 Å². The summed E-state index contributed by atoms with van der Waals surface area (Å²) < 4.78 is 0. The van der Waals surface area contributed by atoms with Crippen molar-refractivity contribution in [1.82, 2.24) is 5.32 Å². The molecule has 0 aliphatic heterocycles. The predicted molar refractivity (Wildman–Crippen MR) is 79.4 cm³/mol. The fourth-order valence-corrected chi connectivity index (χ4v) is 2.41. The lowest BCUT2D eigenvalue weighted by Gasteiger charge is -2.21. The van der Waals surface area contributed by atoms with Crippen molar-refractivity contribution in [2.45, 2.75) is 29.5 Å². The molecule has 0 spiro atoms. The number of carbonyl (C=O) groups excluding carboxylic acids is 1. The number of thiol groups is 1. The first kappa shape index (κ1) is 15.4. The lowest BCUT2D eigenvalue weighted by molar-refractivity contribution is -0.121. The van der Waals surface area contributed by atoms with E-state index in [1.165, 1.54) is 0 Å². The van der Waals surface area contributed by atoms with E-state index < -0.39 is 0 Å². The Balaban J connectivity index is 2.48. The molecule has 2 unspecified atom stereocenters. The molecular formula is C13H19NO2S2. The van der Waals surface area contributed by atoms with E-state index in [0.717, 1.165) is 10.5 Å². The van der Waals surface area contributed by atoms with Crippen LogP contribution in [0.4, 0.5) is 0 Å². The summed E-state index contributed by atoms with van der Waals surface area (Å²) in [6, 6.07) is 7.48. The van der Waals surface area contributed by atoms with Crippen LogP contribution in [0, 0.1) is 0 Å². The first-order valence-electron chi connectivity index (χ1n) is 5.77. The normalized spacial score (nSPS) is 14.0. The van der Waals surface area contributed by atoms with E-state index in [0.29, 0.717) is 6.42 Å². The van der Waals surface area contributed by atoms with Gasteiger partial charge in [-0.1, -0.05) is 12.1 Å². The second kappa shape index (κ2) is 7.71. The van der Waals surface area contributed by atoms with E-state index in [-0.39, 0.29) is 23.8 Å². The molecule has 0 radical (unpaired) electrons. The summed E-state index contributed by atoms with van der Waals surface area (Å²) in [7, 11) is 0. The van der Waals surface area contributed by atoms with Crippen LogP contribution in [0.1, 0.15) is 12.5 Å². The number of aliphatic hydroxyl groups is 1. The lowest BCUT2D eigenvalue weighted by Crippen LogP contribution is -2.41. The molecule has 1 aromatic carbocycles. The Labute approximate surface area is 118 Å². The molecule has 2 atom stereocenters. The first-order valence-corrected chi connectivity index (χ1v) is 7.51. The molecule has 1 aromatic rings. The maximum Gasteiger partial charge on any atom is 0.224 e. The van der Waals surface area contributed by atoms with Crippen LogP contribution in [-0.4, -0.2) is 35.2 Å². The van der Waals surface area contributed by atoms with Crippen LogP contribution in [0.3, 0.4) is 0 Å². The van der Waals surface area contributed by atoms with Crippen molar-refractivity contribution in [2.24, 2.45) is 0 Å². The topological polar surface area (TPSA) is 49.3 Å². The van der Waals surface area contributed by atoms with Gasteiger partial charge in [0, 0.05) is 16.2 Å². The van der Waals surface area contributed by atoms with Gasteiger partial charge in [0.05, 0.1) is 13.0 Å². The summed E-state index contributed by atoms with van der Waals surface area (Å²) in [6.45, 7) is 1.98. The maximum atomic E-state index is 11.8. The molecule has 0 saturated heterocycles. The van der Waals surface area contributed by atoms with Gasteiger partial charge in [-0.05, 0) is 30.9 Å². The van der Waals surface area contributed by atoms with Crippen LogP contribution in [-0.2, 0) is 11.2 Å². The fourth-order valence-electron chi connectivity index (χ4n) is 1.63. The molecule has 0 fully saturated rings. The number of hydrogen-bond donors (Lipinski definition) is 3. The summed E-state index contributed by atoms with van der Waals surface area (Å²) >= 11 is 5.75. The minimum absolute atomic E-state index is 0.0260. The van der Waals surface area contributed by atoms with E-state index in [1.54, 1.807) is 11.8 Å². The average molecular weight is 285 g/mol. The van der Waals surface area contributed by atoms with E-state index in [1.807, 2.05) is 37.4 Å². The van der Waals surface area contributed by atoms with Gasteiger partial charge in [0.15, 0.2) is 0 Å². The Morgan fingerprint density at radius 3 is 2.56 bits per heavy atom. The Bertz CT molecular complexity index is 377. The second-order valence-electron chi connectivity index (χ2n) is 4.16. The molecule has 18 heavy (non-hydrogen) atoms. The largest absolute Gasteiger partial charge is 0.395 e. The zero-order valence-electron chi connectivity index (χ0n) is 10.6. The summed E-state index contributed by atoms with van der Waals surface area (Å²) in [5.74, 6) is -0.0260. The number of rotatable bonds is 6. The van der Waals surface area contributed by atoms with E-state index in [2.05, 4.69) is 17.9 Å². The van der Waals surface area contributed by atoms with Crippen LogP contribution >= 0.6 is 24.4 Å². The van der Waals surface area contributed by atoms with Gasteiger partial charge < -0.3 is 10.4 Å². The number of thioether (sulfide) groups is 1. The summed E-state index contributed by atoms with van der Waals surface area (Å²) in [5, 5.41) is 12.1. The molecule has 0 aliphatic rings. The molecule has 3 nitrogen and oxygen atoms in total. The molecule has 100 valence electrons. The zero-order chi connectivity index (χ0) is 13.5. The average Bonchev–Trinajstić information content (AvgIpc) is 2.33. The van der Waals surface area contributed by atoms with Crippen LogP contribution in [0.5, 0.6) is 0 Å². The van der Waals surface area contributed by atoms with Crippen molar-refractivity contribution in [1.29, 1.82) is 0 Å². The molecule has 2 N–H and O–H groups in total. The molecule has 0 aromatic heterocycles. The number of amides is 1. The van der Waals surface area contributed by atoms with Gasteiger partial charge in [-0.25, -0.2) is 0 Å². The van der Waals surface area contributed by atoms with Crippen molar-refractivity contribution in [3.05, 3.63) is 29.8 Å².